The molecule has 2 amide bonds. The van der Waals surface area contributed by atoms with Gasteiger partial charge in [-0.3, -0.25) is 4.79 Å². The van der Waals surface area contributed by atoms with Gasteiger partial charge in [0.1, 0.15) is 0 Å². The molecule has 8 nitrogen and oxygen atoms in total. The van der Waals surface area contributed by atoms with Crippen LogP contribution in [0.5, 0.6) is 0 Å². The highest BCUT2D eigenvalue weighted by Crippen LogP contribution is 2.17. The molecule has 0 aliphatic carbocycles. The zero-order valence-corrected chi connectivity index (χ0v) is 9.24. The molecule has 0 saturated carbocycles. The van der Waals surface area contributed by atoms with Gasteiger partial charge in [0.05, 0.1) is 5.92 Å². The van der Waals surface area contributed by atoms with Crippen molar-refractivity contribution >= 4 is 22.2 Å². The molecule has 4 N–H and O–H groups in total. The number of hydrogen-bond donors (Lipinski definition) is 3. The van der Waals surface area contributed by atoms with Crippen LogP contribution in [0.25, 0.3) is 0 Å². The number of carbonyl (C=O) groups is 2. The lowest BCUT2D eigenvalue weighted by molar-refractivity contribution is -0.122. The standard InChI is InChI=1S/C7H13N3O5S/c8-6(11)5-2-1-3-10(4-5)16(14,15)9-7(12)13/h5,9H,1-4H2,(H2,8,11)(H,12,13). The van der Waals surface area contributed by atoms with Crippen molar-refractivity contribution in [3.63, 3.8) is 0 Å². The minimum absolute atomic E-state index is 0.0715. The van der Waals surface area contributed by atoms with E-state index in [4.69, 9.17) is 10.8 Å². The summed E-state index contributed by atoms with van der Waals surface area (Å²) < 4.78 is 25.2. The number of carbonyl (C=O) groups excluding carboxylic acids is 1. The Morgan fingerprint density at radius 3 is 2.56 bits per heavy atom. The quantitative estimate of drug-likeness (QED) is 0.573. The molecule has 1 fully saturated rings. The van der Waals surface area contributed by atoms with Crippen LogP contribution in [-0.2, 0) is 15.0 Å². The summed E-state index contributed by atoms with van der Waals surface area (Å²) in [4.78, 5) is 21.2. The normalized spacial score (nSPS) is 22.6. The predicted molar refractivity (Wildman–Crippen MR) is 53.6 cm³/mol. The van der Waals surface area contributed by atoms with Crippen LogP contribution in [0.4, 0.5) is 4.79 Å². The molecule has 1 unspecified atom stereocenters. The average molecular weight is 251 g/mol. The topological polar surface area (TPSA) is 130 Å². The van der Waals surface area contributed by atoms with Gasteiger partial charge >= 0.3 is 16.3 Å². The Bertz CT molecular complexity index is 393. The summed E-state index contributed by atoms with van der Waals surface area (Å²) >= 11 is 0. The first kappa shape index (κ1) is 12.7. The third-order valence-corrected chi connectivity index (χ3v) is 3.79. The minimum Gasteiger partial charge on any atom is -0.464 e. The van der Waals surface area contributed by atoms with Gasteiger partial charge in [0.2, 0.25) is 5.91 Å². The van der Waals surface area contributed by atoms with E-state index in [1.54, 1.807) is 0 Å². The van der Waals surface area contributed by atoms with E-state index in [0.29, 0.717) is 12.8 Å². The van der Waals surface area contributed by atoms with Crippen molar-refractivity contribution in [3.8, 4) is 0 Å². The van der Waals surface area contributed by atoms with Gasteiger partial charge in [-0.1, -0.05) is 0 Å². The van der Waals surface area contributed by atoms with Crippen LogP contribution < -0.4 is 10.5 Å². The number of amides is 2. The number of carboxylic acid groups (broad SMARTS) is 1. The number of hydrogen-bond acceptors (Lipinski definition) is 4. The zero-order chi connectivity index (χ0) is 12.3. The number of nitrogens with two attached hydrogens (primary N) is 1. The van der Waals surface area contributed by atoms with E-state index in [9.17, 15) is 18.0 Å². The van der Waals surface area contributed by atoms with Crippen molar-refractivity contribution in [1.82, 2.24) is 9.03 Å². The van der Waals surface area contributed by atoms with Gasteiger partial charge < -0.3 is 10.8 Å². The maximum absolute atomic E-state index is 11.4. The van der Waals surface area contributed by atoms with Gasteiger partial charge in [-0.05, 0) is 12.8 Å². The highest BCUT2D eigenvalue weighted by Gasteiger charge is 2.32. The van der Waals surface area contributed by atoms with Gasteiger partial charge in [0, 0.05) is 13.1 Å². The van der Waals surface area contributed by atoms with E-state index in [2.05, 4.69) is 0 Å². The Morgan fingerprint density at radius 2 is 2.06 bits per heavy atom. The minimum atomic E-state index is -4.07. The van der Waals surface area contributed by atoms with E-state index in [-0.39, 0.29) is 13.1 Å². The van der Waals surface area contributed by atoms with Crippen molar-refractivity contribution in [1.29, 1.82) is 0 Å². The third kappa shape index (κ3) is 3.07. The summed E-state index contributed by atoms with van der Waals surface area (Å²) in [6.45, 7) is 0.115. The van der Waals surface area contributed by atoms with Gasteiger partial charge in [0.15, 0.2) is 0 Å². The lowest BCUT2D eigenvalue weighted by Gasteiger charge is -2.29. The van der Waals surface area contributed by atoms with Crippen LogP contribution in [0.2, 0.25) is 0 Å². The first-order valence-corrected chi connectivity index (χ1v) is 6.07. The van der Waals surface area contributed by atoms with E-state index in [1.807, 2.05) is 0 Å². The molecular formula is C7H13N3O5S. The molecule has 0 spiro atoms. The number of piperidine rings is 1. The van der Waals surface area contributed by atoms with Crippen LogP contribution in [0.3, 0.4) is 0 Å². The summed E-state index contributed by atoms with van der Waals surface area (Å²) in [5.74, 6) is -1.13. The van der Waals surface area contributed by atoms with Crippen LogP contribution >= 0.6 is 0 Å². The summed E-state index contributed by atoms with van der Waals surface area (Å²) in [5, 5.41) is 8.35. The van der Waals surface area contributed by atoms with E-state index in [0.717, 1.165) is 4.31 Å². The van der Waals surface area contributed by atoms with Crippen molar-refractivity contribution < 1.29 is 23.1 Å². The SMILES string of the molecule is NC(=O)C1CCCN(S(=O)(=O)NC(=O)O)C1. The fourth-order valence-electron chi connectivity index (χ4n) is 1.57. The molecule has 9 heteroatoms. The number of primary amides is 1. The summed E-state index contributed by atoms with van der Waals surface area (Å²) in [6.07, 6.45) is -0.649. The van der Waals surface area contributed by atoms with Crippen LogP contribution in [0, 0.1) is 5.92 Å². The van der Waals surface area contributed by atoms with Crippen LogP contribution in [0.1, 0.15) is 12.8 Å². The second kappa shape index (κ2) is 4.66. The number of rotatable bonds is 3. The van der Waals surface area contributed by atoms with E-state index < -0.39 is 28.1 Å². The number of nitrogens with zero attached hydrogens (tertiary/aromatic N) is 1. The molecule has 16 heavy (non-hydrogen) atoms. The van der Waals surface area contributed by atoms with Crippen molar-refractivity contribution in [3.05, 3.63) is 0 Å². The molecule has 0 aromatic heterocycles. The fraction of sp³-hybridized carbons (Fsp3) is 0.714. The van der Waals surface area contributed by atoms with Gasteiger partial charge in [-0.25, -0.2) is 9.52 Å². The van der Waals surface area contributed by atoms with Crippen LogP contribution in [0.15, 0.2) is 0 Å². The monoisotopic (exact) mass is 251 g/mol. The van der Waals surface area contributed by atoms with Gasteiger partial charge in [0.25, 0.3) is 0 Å². The van der Waals surface area contributed by atoms with Crippen LogP contribution in [-0.4, -0.2) is 42.9 Å². The molecular weight excluding hydrogens is 238 g/mol. The highest BCUT2D eigenvalue weighted by molar-refractivity contribution is 7.87. The molecule has 1 heterocycles. The van der Waals surface area contributed by atoms with E-state index >= 15 is 0 Å². The molecule has 0 bridgehead atoms. The molecule has 1 aliphatic rings. The highest BCUT2D eigenvalue weighted by atomic mass is 32.2. The van der Waals surface area contributed by atoms with Crippen molar-refractivity contribution in [2.75, 3.05) is 13.1 Å². The summed E-state index contributed by atoms with van der Waals surface area (Å²) in [5.41, 5.74) is 5.08. The molecule has 1 atom stereocenters. The maximum atomic E-state index is 11.4. The smallest absolute Gasteiger partial charge is 0.419 e. The Balaban J connectivity index is 2.73. The molecule has 0 aromatic rings. The lowest BCUT2D eigenvalue weighted by Crippen LogP contribution is -2.49. The predicted octanol–water partition coefficient (Wildman–Crippen LogP) is -1.30. The lowest BCUT2D eigenvalue weighted by atomic mass is 9.99. The first-order chi connectivity index (χ1) is 7.33. The molecule has 0 radical (unpaired) electrons. The van der Waals surface area contributed by atoms with Gasteiger partial charge in [-0.2, -0.15) is 12.7 Å². The third-order valence-electron chi connectivity index (χ3n) is 2.34. The second-order valence-electron chi connectivity index (χ2n) is 3.51. The first-order valence-electron chi connectivity index (χ1n) is 4.63. The van der Waals surface area contributed by atoms with Crippen molar-refractivity contribution in [2.45, 2.75) is 12.8 Å². The molecule has 1 rings (SSSR count). The van der Waals surface area contributed by atoms with Gasteiger partial charge in [-0.15, -0.1) is 0 Å². The average Bonchev–Trinajstić information content (AvgIpc) is 2.16. The van der Waals surface area contributed by atoms with Crippen molar-refractivity contribution in [2.24, 2.45) is 11.7 Å². The molecule has 1 aliphatic heterocycles. The Labute approximate surface area is 92.6 Å². The Kier molecular flexibility index (Phi) is 3.70. The molecule has 0 aromatic carbocycles. The van der Waals surface area contributed by atoms with E-state index in [1.165, 1.54) is 4.72 Å². The maximum Gasteiger partial charge on any atom is 0.419 e. The number of nitrogens with one attached hydrogen (secondary N) is 1. The second-order valence-corrected chi connectivity index (χ2v) is 5.18. The fourth-order valence-corrected chi connectivity index (χ4v) is 2.66. The Hall–Kier alpha value is -1.35. The zero-order valence-electron chi connectivity index (χ0n) is 8.42. The summed E-state index contributed by atoms with van der Waals surface area (Å²) in [7, 11) is -4.07. The largest absolute Gasteiger partial charge is 0.464 e. The molecule has 1 saturated heterocycles. The Morgan fingerprint density at radius 1 is 1.44 bits per heavy atom. The molecule has 92 valence electrons. The summed E-state index contributed by atoms with van der Waals surface area (Å²) in [6, 6.07) is 0.